The Morgan fingerprint density at radius 1 is 1.24 bits per heavy atom. The molecule has 1 saturated heterocycles. The minimum atomic E-state index is -3.13. The van der Waals surface area contributed by atoms with Crippen molar-refractivity contribution in [3.05, 3.63) is 0 Å². The number of aliphatic carboxylic acids is 1. The molecule has 1 fully saturated rings. The summed E-state index contributed by atoms with van der Waals surface area (Å²) in [5.74, 6) is -1.06. The van der Waals surface area contributed by atoms with E-state index in [-0.39, 0.29) is 24.6 Å². The van der Waals surface area contributed by atoms with E-state index in [0.29, 0.717) is 26.1 Å². The summed E-state index contributed by atoms with van der Waals surface area (Å²) in [6, 6.07) is -0.562. The third-order valence-corrected chi connectivity index (χ3v) is 5.34. The number of sulfone groups is 1. The van der Waals surface area contributed by atoms with Crippen molar-refractivity contribution < 1.29 is 27.9 Å². The highest BCUT2D eigenvalue weighted by molar-refractivity contribution is 7.91. The van der Waals surface area contributed by atoms with Gasteiger partial charge in [-0.05, 0) is 12.8 Å². The predicted molar refractivity (Wildman–Crippen MR) is 75.9 cm³/mol. The van der Waals surface area contributed by atoms with Gasteiger partial charge in [-0.25, -0.2) is 13.2 Å². The standard InChI is InChI=1S/C12H22N2O6S/c1-2-21(18,19)8-5-13-11(17)14-9-12(10(15)16)3-6-20-7-4-12/h2-9H2,1H3,(H,15,16)(H2,13,14,17). The lowest BCUT2D eigenvalue weighted by atomic mass is 9.80. The van der Waals surface area contributed by atoms with E-state index < -0.39 is 27.3 Å². The van der Waals surface area contributed by atoms with E-state index in [0.717, 1.165) is 0 Å². The molecule has 9 heteroatoms. The van der Waals surface area contributed by atoms with Gasteiger partial charge in [-0.3, -0.25) is 4.79 Å². The number of carbonyl (C=O) groups is 2. The predicted octanol–water partition coefficient (Wildman–Crippen LogP) is -0.398. The van der Waals surface area contributed by atoms with Gasteiger partial charge in [0.2, 0.25) is 0 Å². The largest absolute Gasteiger partial charge is 0.481 e. The van der Waals surface area contributed by atoms with Crippen molar-refractivity contribution in [1.82, 2.24) is 10.6 Å². The quantitative estimate of drug-likeness (QED) is 0.586. The van der Waals surface area contributed by atoms with Crippen LogP contribution < -0.4 is 10.6 Å². The summed E-state index contributed by atoms with van der Waals surface area (Å²) in [5.41, 5.74) is -1.01. The summed E-state index contributed by atoms with van der Waals surface area (Å²) in [6.07, 6.45) is 0.680. The van der Waals surface area contributed by atoms with Gasteiger partial charge < -0.3 is 20.5 Å². The highest BCUT2D eigenvalue weighted by Gasteiger charge is 2.40. The molecule has 0 saturated carbocycles. The molecule has 0 spiro atoms. The summed E-state index contributed by atoms with van der Waals surface area (Å²) in [5, 5.41) is 14.2. The van der Waals surface area contributed by atoms with Gasteiger partial charge in [-0.2, -0.15) is 0 Å². The Morgan fingerprint density at radius 2 is 1.86 bits per heavy atom. The van der Waals surface area contributed by atoms with Gasteiger partial charge in [-0.15, -0.1) is 0 Å². The Morgan fingerprint density at radius 3 is 2.38 bits per heavy atom. The van der Waals surface area contributed by atoms with E-state index in [1.165, 1.54) is 6.92 Å². The highest BCUT2D eigenvalue weighted by atomic mass is 32.2. The van der Waals surface area contributed by atoms with Crippen molar-refractivity contribution in [2.75, 3.05) is 37.8 Å². The summed E-state index contributed by atoms with van der Waals surface area (Å²) in [6.45, 7) is 2.25. The van der Waals surface area contributed by atoms with Crippen LogP contribution in [0.4, 0.5) is 4.79 Å². The lowest BCUT2D eigenvalue weighted by molar-refractivity contribution is -0.154. The van der Waals surface area contributed by atoms with Crippen LogP contribution in [-0.2, 0) is 19.4 Å². The van der Waals surface area contributed by atoms with Crippen LogP contribution in [0, 0.1) is 5.41 Å². The van der Waals surface area contributed by atoms with Crippen LogP contribution in [0.2, 0.25) is 0 Å². The number of hydrogen-bond donors (Lipinski definition) is 3. The van der Waals surface area contributed by atoms with Gasteiger partial charge in [0.15, 0.2) is 9.84 Å². The number of rotatable bonds is 7. The van der Waals surface area contributed by atoms with Gasteiger partial charge in [0.25, 0.3) is 0 Å². The fourth-order valence-corrected chi connectivity index (χ4v) is 2.71. The smallest absolute Gasteiger partial charge is 0.314 e. The van der Waals surface area contributed by atoms with Crippen LogP contribution in [0.1, 0.15) is 19.8 Å². The summed E-state index contributed by atoms with van der Waals surface area (Å²) in [7, 11) is -3.13. The first-order chi connectivity index (χ1) is 9.81. The second-order valence-corrected chi connectivity index (χ2v) is 7.52. The molecule has 0 aliphatic carbocycles. The van der Waals surface area contributed by atoms with Crippen LogP contribution in [0.25, 0.3) is 0 Å². The summed E-state index contributed by atoms with van der Waals surface area (Å²) in [4.78, 5) is 23.0. The number of urea groups is 1. The first kappa shape index (κ1) is 17.7. The van der Waals surface area contributed by atoms with Gasteiger partial charge in [0, 0.05) is 32.1 Å². The van der Waals surface area contributed by atoms with Crippen LogP contribution in [0.3, 0.4) is 0 Å². The maximum absolute atomic E-state index is 11.6. The molecule has 2 amide bonds. The topological polar surface area (TPSA) is 122 Å². The number of amides is 2. The molecule has 21 heavy (non-hydrogen) atoms. The van der Waals surface area contributed by atoms with Gasteiger partial charge in [-0.1, -0.05) is 6.92 Å². The Labute approximate surface area is 124 Å². The molecule has 1 aliphatic heterocycles. The third-order valence-electron chi connectivity index (χ3n) is 3.63. The van der Waals surface area contributed by atoms with Crippen molar-refractivity contribution in [1.29, 1.82) is 0 Å². The maximum atomic E-state index is 11.6. The summed E-state index contributed by atoms with van der Waals surface area (Å²) < 4.78 is 27.7. The average molecular weight is 322 g/mol. The van der Waals surface area contributed by atoms with Crippen LogP contribution in [0.5, 0.6) is 0 Å². The average Bonchev–Trinajstić information content (AvgIpc) is 2.46. The number of hydrogen-bond acceptors (Lipinski definition) is 5. The number of carbonyl (C=O) groups excluding carboxylic acids is 1. The summed E-state index contributed by atoms with van der Waals surface area (Å²) >= 11 is 0. The molecule has 1 heterocycles. The second-order valence-electron chi connectivity index (χ2n) is 5.04. The molecule has 0 radical (unpaired) electrons. The fourth-order valence-electron chi connectivity index (χ4n) is 2.00. The minimum Gasteiger partial charge on any atom is -0.481 e. The van der Waals surface area contributed by atoms with Crippen molar-refractivity contribution in [2.24, 2.45) is 5.41 Å². The first-order valence-electron chi connectivity index (χ1n) is 6.84. The molecule has 8 nitrogen and oxygen atoms in total. The molecule has 0 bridgehead atoms. The van der Waals surface area contributed by atoms with E-state index in [9.17, 15) is 23.1 Å². The molecule has 0 atom stereocenters. The van der Waals surface area contributed by atoms with Crippen molar-refractivity contribution >= 4 is 21.8 Å². The number of nitrogens with one attached hydrogen (secondary N) is 2. The van der Waals surface area contributed by atoms with E-state index in [4.69, 9.17) is 4.74 Å². The Bertz CT molecular complexity index is 470. The highest BCUT2D eigenvalue weighted by Crippen LogP contribution is 2.29. The van der Waals surface area contributed by atoms with E-state index >= 15 is 0 Å². The third kappa shape index (κ3) is 5.50. The van der Waals surface area contributed by atoms with E-state index in [1.807, 2.05) is 0 Å². The fraction of sp³-hybridized carbons (Fsp3) is 0.833. The van der Waals surface area contributed by atoms with Crippen molar-refractivity contribution in [2.45, 2.75) is 19.8 Å². The molecule has 1 rings (SSSR count). The molecule has 0 aromatic heterocycles. The number of carboxylic acids is 1. The van der Waals surface area contributed by atoms with Crippen LogP contribution in [0.15, 0.2) is 0 Å². The lowest BCUT2D eigenvalue weighted by Gasteiger charge is -2.33. The first-order valence-corrected chi connectivity index (χ1v) is 8.67. The molecule has 0 unspecified atom stereocenters. The molecule has 0 aromatic rings. The van der Waals surface area contributed by atoms with E-state index in [1.54, 1.807) is 0 Å². The van der Waals surface area contributed by atoms with Crippen molar-refractivity contribution in [3.8, 4) is 0 Å². The van der Waals surface area contributed by atoms with Crippen LogP contribution in [-0.4, -0.2) is 63.3 Å². The Hall–Kier alpha value is -1.35. The van der Waals surface area contributed by atoms with Crippen molar-refractivity contribution in [3.63, 3.8) is 0 Å². The van der Waals surface area contributed by atoms with Gasteiger partial charge >= 0.3 is 12.0 Å². The Balaban J connectivity index is 2.39. The monoisotopic (exact) mass is 322 g/mol. The molecular weight excluding hydrogens is 300 g/mol. The normalized spacial score (nSPS) is 18.0. The van der Waals surface area contributed by atoms with Crippen LogP contribution >= 0.6 is 0 Å². The lowest BCUT2D eigenvalue weighted by Crippen LogP contribution is -2.49. The minimum absolute atomic E-state index is 0.00193. The molecule has 0 aromatic carbocycles. The molecular formula is C12H22N2O6S. The number of carboxylic acid groups (broad SMARTS) is 1. The zero-order chi connectivity index (χ0) is 15.9. The van der Waals surface area contributed by atoms with E-state index in [2.05, 4.69) is 10.6 Å². The second kappa shape index (κ2) is 7.60. The van der Waals surface area contributed by atoms with Gasteiger partial charge in [0.1, 0.15) is 0 Å². The molecule has 122 valence electrons. The maximum Gasteiger partial charge on any atom is 0.314 e. The Kier molecular flexibility index (Phi) is 6.41. The van der Waals surface area contributed by atoms with Gasteiger partial charge in [0.05, 0.1) is 11.2 Å². The molecule has 1 aliphatic rings. The SMILES string of the molecule is CCS(=O)(=O)CCNC(=O)NCC1(C(=O)O)CCOCC1. The zero-order valence-electron chi connectivity index (χ0n) is 12.1. The molecule has 3 N–H and O–H groups in total. The number of ether oxygens (including phenoxy) is 1. The zero-order valence-corrected chi connectivity index (χ0v) is 12.9.